The average Bonchev–Trinajstić information content (AvgIpc) is 2.80. The zero-order chi connectivity index (χ0) is 20.8. The fourth-order valence-corrected chi connectivity index (χ4v) is 3.41. The Bertz CT molecular complexity index is 889. The van der Waals surface area contributed by atoms with Crippen LogP contribution in [0.5, 0.6) is 17.2 Å². The molecule has 156 valence electrons. The SMILES string of the molecule is OC[C@H]1O[C@@H](O)[C@H](Oc2ccccc2)[C@@H](Oc2ccccc2)[C@H]1Oc1ccccc1. The molecule has 1 aliphatic heterocycles. The maximum atomic E-state index is 10.7. The molecule has 6 nitrogen and oxygen atoms in total. The van der Waals surface area contributed by atoms with Crippen LogP contribution in [-0.2, 0) is 4.74 Å². The molecular weight excluding hydrogens is 384 g/mol. The molecule has 0 amide bonds. The lowest BCUT2D eigenvalue weighted by Crippen LogP contribution is -2.64. The monoisotopic (exact) mass is 408 g/mol. The molecule has 6 heteroatoms. The molecule has 0 radical (unpaired) electrons. The summed E-state index contributed by atoms with van der Waals surface area (Å²) < 4.78 is 24.1. The summed E-state index contributed by atoms with van der Waals surface area (Å²) in [4.78, 5) is 0. The van der Waals surface area contributed by atoms with Gasteiger partial charge in [-0.15, -0.1) is 0 Å². The largest absolute Gasteiger partial charge is 0.484 e. The topological polar surface area (TPSA) is 77.4 Å². The van der Waals surface area contributed by atoms with Crippen molar-refractivity contribution in [1.82, 2.24) is 0 Å². The summed E-state index contributed by atoms with van der Waals surface area (Å²) in [5.74, 6) is 1.75. The summed E-state index contributed by atoms with van der Waals surface area (Å²) in [6.07, 6.45) is -4.48. The van der Waals surface area contributed by atoms with Crippen LogP contribution in [0.2, 0.25) is 0 Å². The van der Waals surface area contributed by atoms with Gasteiger partial charge in [0.25, 0.3) is 0 Å². The van der Waals surface area contributed by atoms with E-state index in [4.69, 9.17) is 18.9 Å². The molecule has 0 aromatic heterocycles. The van der Waals surface area contributed by atoms with Gasteiger partial charge >= 0.3 is 0 Å². The first-order valence-electron chi connectivity index (χ1n) is 9.84. The van der Waals surface area contributed by atoms with Crippen LogP contribution in [0.1, 0.15) is 0 Å². The van der Waals surface area contributed by atoms with E-state index < -0.39 is 30.7 Å². The summed E-state index contributed by atoms with van der Waals surface area (Å²) in [5.41, 5.74) is 0. The molecule has 0 aliphatic carbocycles. The van der Waals surface area contributed by atoms with Crippen molar-refractivity contribution in [3.63, 3.8) is 0 Å². The smallest absolute Gasteiger partial charge is 0.196 e. The van der Waals surface area contributed by atoms with Crippen molar-refractivity contribution >= 4 is 0 Å². The Hall–Kier alpha value is -3.06. The number of benzene rings is 3. The minimum Gasteiger partial charge on any atom is -0.484 e. The lowest BCUT2D eigenvalue weighted by Gasteiger charge is -2.43. The Morgan fingerprint density at radius 1 is 0.600 bits per heavy atom. The predicted octanol–water partition coefficient (Wildman–Crippen LogP) is 3.04. The number of rotatable bonds is 7. The van der Waals surface area contributed by atoms with Gasteiger partial charge < -0.3 is 29.2 Å². The van der Waals surface area contributed by atoms with Crippen molar-refractivity contribution in [2.24, 2.45) is 0 Å². The van der Waals surface area contributed by atoms with E-state index in [1.807, 2.05) is 78.9 Å². The summed E-state index contributed by atoms with van der Waals surface area (Å²) >= 11 is 0. The number of hydrogen-bond donors (Lipinski definition) is 2. The van der Waals surface area contributed by atoms with Gasteiger partial charge in [0.2, 0.25) is 0 Å². The van der Waals surface area contributed by atoms with Crippen LogP contribution >= 0.6 is 0 Å². The van der Waals surface area contributed by atoms with Gasteiger partial charge in [-0.3, -0.25) is 0 Å². The summed E-state index contributed by atoms with van der Waals surface area (Å²) in [7, 11) is 0. The van der Waals surface area contributed by atoms with Gasteiger partial charge in [-0.05, 0) is 36.4 Å². The molecule has 30 heavy (non-hydrogen) atoms. The highest BCUT2D eigenvalue weighted by Gasteiger charge is 2.50. The summed E-state index contributed by atoms with van der Waals surface area (Å²) in [6, 6.07) is 27.6. The van der Waals surface area contributed by atoms with Gasteiger partial charge in [-0.25, -0.2) is 0 Å². The maximum absolute atomic E-state index is 10.7. The first-order chi connectivity index (χ1) is 14.7. The Kier molecular flexibility index (Phi) is 6.49. The van der Waals surface area contributed by atoms with Crippen LogP contribution in [0.4, 0.5) is 0 Å². The number of aliphatic hydroxyl groups excluding tert-OH is 2. The molecule has 0 saturated carbocycles. The summed E-state index contributed by atoms with van der Waals surface area (Å²) in [5, 5.41) is 20.6. The number of aliphatic hydroxyl groups is 2. The van der Waals surface area contributed by atoms with Gasteiger partial charge in [-0.2, -0.15) is 0 Å². The normalized spacial score (nSPS) is 26.0. The van der Waals surface area contributed by atoms with Crippen molar-refractivity contribution < 1.29 is 29.2 Å². The highest BCUT2D eigenvalue weighted by atomic mass is 16.7. The minimum absolute atomic E-state index is 0.346. The van der Waals surface area contributed by atoms with Gasteiger partial charge in [0, 0.05) is 0 Å². The fourth-order valence-electron chi connectivity index (χ4n) is 3.41. The van der Waals surface area contributed by atoms with E-state index in [1.54, 1.807) is 12.1 Å². The quantitative estimate of drug-likeness (QED) is 0.626. The standard InChI is InChI=1S/C24H24O6/c25-16-20-21(27-17-10-4-1-5-11-17)22(28-18-12-6-2-7-13-18)23(24(26)30-20)29-19-14-8-3-9-15-19/h1-15,20-26H,16H2/t20-,21+,22+,23-,24-/m1/s1. The van der Waals surface area contributed by atoms with E-state index in [0.717, 1.165) is 0 Å². The molecule has 1 fully saturated rings. The Morgan fingerprint density at radius 3 is 1.43 bits per heavy atom. The second kappa shape index (κ2) is 9.63. The van der Waals surface area contributed by atoms with Gasteiger partial charge in [0.1, 0.15) is 23.4 Å². The molecule has 3 aromatic carbocycles. The number of para-hydroxylation sites is 3. The van der Waals surface area contributed by atoms with Crippen LogP contribution in [0.3, 0.4) is 0 Å². The van der Waals surface area contributed by atoms with Crippen molar-refractivity contribution in [2.75, 3.05) is 6.61 Å². The lowest BCUT2D eigenvalue weighted by atomic mass is 9.98. The molecule has 1 saturated heterocycles. The van der Waals surface area contributed by atoms with Crippen molar-refractivity contribution in [3.8, 4) is 17.2 Å². The molecule has 3 aromatic rings. The van der Waals surface area contributed by atoms with E-state index in [9.17, 15) is 10.2 Å². The second-order valence-electron chi connectivity index (χ2n) is 6.93. The van der Waals surface area contributed by atoms with Crippen molar-refractivity contribution in [2.45, 2.75) is 30.7 Å². The Labute approximate surface area is 175 Å². The highest BCUT2D eigenvalue weighted by molar-refractivity contribution is 5.25. The first-order valence-corrected chi connectivity index (χ1v) is 9.84. The van der Waals surface area contributed by atoms with E-state index in [0.29, 0.717) is 17.2 Å². The zero-order valence-corrected chi connectivity index (χ0v) is 16.3. The Balaban J connectivity index is 1.67. The lowest BCUT2D eigenvalue weighted by molar-refractivity contribution is -0.271. The third-order valence-electron chi connectivity index (χ3n) is 4.84. The van der Waals surface area contributed by atoms with Crippen LogP contribution < -0.4 is 14.2 Å². The molecule has 0 bridgehead atoms. The summed E-state index contributed by atoms with van der Waals surface area (Å²) in [6.45, 7) is -0.346. The van der Waals surface area contributed by atoms with Gasteiger partial charge in [-0.1, -0.05) is 54.6 Å². The first kappa shape index (κ1) is 20.2. The third kappa shape index (κ3) is 4.74. The van der Waals surface area contributed by atoms with Gasteiger partial charge in [0.05, 0.1) is 6.61 Å². The predicted molar refractivity (Wildman–Crippen MR) is 111 cm³/mol. The number of ether oxygens (including phenoxy) is 4. The van der Waals surface area contributed by atoms with Crippen LogP contribution in [0.15, 0.2) is 91.0 Å². The van der Waals surface area contributed by atoms with Crippen molar-refractivity contribution in [3.05, 3.63) is 91.0 Å². The second-order valence-corrected chi connectivity index (χ2v) is 6.93. The molecule has 0 spiro atoms. The molecule has 1 aliphatic rings. The number of hydrogen-bond acceptors (Lipinski definition) is 6. The van der Waals surface area contributed by atoms with Crippen LogP contribution in [-0.4, -0.2) is 47.5 Å². The molecule has 1 heterocycles. The fraction of sp³-hybridized carbons (Fsp3) is 0.250. The molecule has 0 unspecified atom stereocenters. The zero-order valence-electron chi connectivity index (χ0n) is 16.3. The van der Waals surface area contributed by atoms with E-state index in [-0.39, 0.29) is 6.61 Å². The van der Waals surface area contributed by atoms with Crippen molar-refractivity contribution in [1.29, 1.82) is 0 Å². The van der Waals surface area contributed by atoms with Crippen LogP contribution in [0.25, 0.3) is 0 Å². The van der Waals surface area contributed by atoms with E-state index >= 15 is 0 Å². The highest BCUT2D eigenvalue weighted by Crippen LogP contribution is 2.30. The van der Waals surface area contributed by atoms with Gasteiger partial charge in [0.15, 0.2) is 24.6 Å². The molecular formula is C24H24O6. The third-order valence-corrected chi connectivity index (χ3v) is 4.84. The van der Waals surface area contributed by atoms with E-state index in [2.05, 4.69) is 0 Å². The molecule has 4 rings (SSSR count). The minimum atomic E-state index is -1.31. The van der Waals surface area contributed by atoms with Crippen LogP contribution in [0, 0.1) is 0 Å². The van der Waals surface area contributed by atoms with E-state index in [1.165, 1.54) is 0 Å². The molecule has 2 N–H and O–H groups in total. The average molecular weight is 408 g/mol. The molecule has 5 atom stereocenters. The maximum Gasteiger partial charge on any atom is 0.196 e. The Morgan fingerprint density at radius 2 is 1.00 bits per heavy atom.